The van der Waals surface area contributed by atoms with Crippen LogP contribution in [0.15, 0.2) is 24.8 Å². The standard InChI is InChI=1S/C23H46NO3P/c1-6-8-9-10-11-12-13-14-15-16-17-18-19-20-22-27-28(25,26)23(21-7-2)24(3,4)5/h6,10-11,23H,1,7-9,12-22H2,2-5H3/p+1. The van der Waals surface area contributed by atoms with Crippen molar-refractivity contribution in [2.45, 2.75) is 96.2 Å². The second-order valence-electron chi connectivity index (χ2n) is 8.74. The van der Waals surface area contributed by atoms with Crippen molar-refractivity contribution < 1.29 is 18.5 Å². The maximum absolute atomic E-state index is 12.6. The van der Waals surface area contributed by atoms with Gasteiger partial charge in [0.1, 0.15) is 0 Å². The number of hydrogen-bond donors (Lipinski definition) is 1. The van der Waals surface area contributed by atoms with Crippen LogP contribution >= 0.6 is 7.60 Å². The van der Waals surface area contributed by atoms with Crippen LogP contribution in [0.4, 0.5) is 0 Å². The Bertz CT molecular complexity index is 457. The maximum Gasteiger partial charge on any atom is 0.385 e. The molecule has 0 radical (unpaired) electrons. The minimum Gasteiger partial charge on any atom is -0.320 e. The average molecular weight is 417 g/mol. The topological polar surface area (TPSA) is 46.5 Å². The number of nitrogens with zero attached hydrogens (tertiary/aromatic N) is 1. The maximum atomic E-state index is 12.6. The zero-order valence-corrected chi connectivity index (χ0v) is 20.0. The third-order valence-corrected chi connectivity index (χ3v) is 7.32. The normalized spacial score (nSPS) is 15.6. The summed E-state index contributed by atoms with van der Waals surface area (Å²) >= 11 is 0. The van der Waals surface area contributed by atoms with E-state index in [1.54, 1.807) is 0 Å². The zero-order valence-electron chi connectivity index (χ0n) is 19.1. The lowest BCUT2D eigenvalue weighted by Crippen LogP contribution is -2.45. The molecule has 1 N–H and O–H groups in total. The zero-order chi connectivity index (χ0) is 21.3. The van der Waals surface area contributed by atoms with Crippen LogP contribution in [0.25, 0.3) is 0 Å². The third kappa shape index (κ3) is 14.6. The molecule has 5 heteroatoms. The van der Waals surface area contributed by atoms with Crippen LogP contribution in [-0.4, -0.2) is 42.9 Å². The monoisotopic (exact) mass is 416 g/mol. The largest absolute Gasteiger partial charge is 0.385 e. The molecule has 0 bridgehead atoms. The van der Waals surface area contributed by atoms with E-state index in [1.807, 2.05) is 34.1 Å². The number of unbranched alkanes of at least 4 members (excludes halogenated alkanes) is 9. The van der Waals surface area contributed by atoms with Crippen molar-refractivity contribution in [2.24, 2.45) is 0 Å². The molecule has 0 aromatic carbocycles. The molecule has 2 unspecified atom stereocenters. The van der Waals surface area contributed by atoms with Crippen LogP contribution < -0.4 is 0 Å². The molecule has 0 aliphatic heterocycles. The van der Waals surface area contributed by atoms with E-state index in [9.17, 15) is 9.46 Å². The van der Waals surface area contributed by atoms with Gasteiger partial charge in [0.25, 0.3) is 0 Å². The van der Waals surface area contributed by atoms with Crippen LogP contribution in [0.5, 0.6) is 0 Å². The van der Waals surface area contributed by atoms with Crippen LogP contribution in [0.3, 0.4) is 0 Å². The van der Waals surface area contributed by atoms with Gasteiger partial charge in [-0.25, -0.2) is 0 Å². The lowest BCUT2D eigenvalue weighted by atomic mass is 10.1. The summed E-state index contributed by atoms with van der Waals surface area (Å²) in [6.45, 7) is 6.17. The Morgan fingerprint density at radius 3 is 2.00 bits per heavy atom. The average Bonchev–Trinajstić information content (AvgIpc) is 2.61. The van der Waals surface area contributed by atoms with Crippen molar-refractivity contribution in [3.8, 4) is 0 Å². The van der Waals surface area contributed by atoms with Crippen LogP contribution in [0, 0.1) is 0 Å². The van der Waals surface area contributed by atoms with Gasteiger partial charge in [0.15, 0.2) is 5.78 Å². The molecule has 28 heavy (non-hydrogen) atoms. The van der Waals surface area contributed by atoms with Gasteiger partial charge in [0.2, 0.25) is 0 Å². The Hall–Kier alpha value is -0.410. The predicted molar refractivity (Wildman–Crippen MR) is 123 cm³/mol. The predicted octanol–water partition coefficient (Wildman–Crippen LogP) is 7.05. The van der Waals surface area contributed by atoms with Crippen molar-refractivity contribution in [1.82, 2.24) is 0 Å². The summed E-state index contributed by atoms with van der Waals surface area (Å²) in [4.78, 5) is 10.4. The molecule has 0 aliphatic carbocycles. The van der Waals surface area contributed by atoms with Gasteiger partial charge in [-0.3, -0.25) is 4.57 Å². The van der Waals surface area contributed by atoms with Crippen molar-refractivity contribution in [3.05, 3.63) is 24.8 Å². The molecule has 0 rings (SSSR count). The van der Waals surface area contributed by atoms with E-state index in [0.29, 0.717) is 17.5 Å². The van der Waals surface area contributed by atoms with Gasteiger partial charge in [-0.2, -0.15) is 0 Å². The highest BCUT2D eigenvalue weighted by atomic mass is 31.2. The fourth-order valence-corrected chi connectivity index (χ4v) is 5.43. The lowest BCUT2D eigenvalue weighted by Gasteiger charge is -2.35. The third-order valence-electron chi connectivity index (χ3n) is 5.06. The SMILES string of the molecule is C=CCCC=CCCCCCCCCCCOP(=O)(O)C(CCC)[N+](C)(C)C. The Labute approximate surface area is 175 Å². The van der Waals surface area contributed by atoms with E-state index in [0.717, 1.165) is 32.1 Å². The molecular formula is C23H47NO3P+. The minimum absolute atomic E-state index is 0.339. The molecule has 0 heterocycles. The van der Waals surface area contributed by atoms with Crippen LogP contribution in [0.1, 0.15) is 90.4 Å². The molecule has 2 atom stereocenters. The molecule has 0 saturated heterocycles. The van der Waals surface area contributed by atoms with Gasteiger partial charge in [-0.1, -0.05) is 63.7 Å². The number of hydrogen-bond acceptors (Lipinski definition) is 2. The summed E-state index contributed by atoms with van der Waals surface area (Å²) < 4.78 is 18.5. The van der Waals surface area contributed by atoms with Crippen molar-refractivity contribution in [2.75, 3.05) is 27.7 Å². The Morgan fingerprint density at radius 2 is 1.46 bits per heavy atom. The lowest BCUT2D eigenvalue weighted by molar-refractivity contribution is -0.883. The quantitative estimate of drug-likeness (QED) is 0.106. The van der Waals surface area contributed by atoms with E-state index in [-0.39, 0.29) is 5.78 Å². The molecule has 166 valence electrons. The summed E-state index contributed by atoms with van der Waals surface area (Å²) in [5, 5.41) is 0. The van der Waals surface area contributed by atoms with Gasteiger partial charge in [-0.15, -0.1) is 6.58 Å². The minimum atomic E-state index is -3.57. The first kappa shape index (κ1) is 27.6. The summed E-state index contributed by atoms with van der Waals surface area (Å²) in [7, 11) is 2.33. The van der Waals surface area contributed by atoms with Crippen LogP contribution in [0.2, 0.25) is 0 Å². The van der Waals surface area contributed by atoms with E-state index in [1.165, 1.54) is 44.9 Å². The molecule has 0 amide bonds. The van der Waals surface area contributed by atoms with Crippen molar-refractivity contribution >= 4 is 7.60 Å². The van der Waals surface area contributed by atoms with E-state index < -0.39 is 7.60 Å². The smallest absolute Gasteiger partial charge is 0.320 e. The van der Waals surface area contributed by atoms with Gasteiger partial charge < -0.3 is 13.9 Å². The first-order chi connectivity index (χ1) is 13.3. The fraction of sp³-hybridized carbons (Fsp3) is 0.826. The molecular weight excluding hydrogens is 369 g/mol. The van der Waals surface area contributed by atoms with Gasteiger partial charge in [0.05, 0.1) is 27.7 Å². The Kier molecular flexibility index (Phi) is 16.2. The summed E-state index contributed by atoms with van der Waals surface area (Å²) in [6, 6.07) is 0. The first-order valence-corrected chi connectivity index (χ1v) is 12.9. The van der Waals surface area contributed by atoms with Gasteiger partial charge in [-0.05, 0) is 38.5 Å². The molecule has 0 aromatic heterocycles. The van der Waals surface area contributed by atoms with E-state index in [2.05, 4.69) is 18.7 Å². The molecule has 0 saturated carbocycles. The first-order valence-electron chi connectivity index (χ1n) is 11.3. The van der Waals surface area contributed by atoms with E-state index >= 15 is 0 Å². The Balaban J connectivity index is 3.67. The molecule has 0 spiro atoms. The van der Waals surface area contributed by atoms with Crippen molar-refractivity contribution in [3.63, 3.8) is 0 Å². The summed E-state index contributed by atoms with van der Waals surface area (Å²) in [6.07, 6.45) is 21.1. The number of quaternary nitrogens is 1. The highest BCUT2D eigenvalue weighted by Crippen LogP contribution is 2.51. The molecule has 4 nitrogen and oxygen atoms in total. The van der Waals surface area contributed by atoms with Gasteiger partial charge >= 0.3 is 7.60 Å². The second-order valence-corrected chi connectivity index (χ2v) is 10.7. The van der Waals surface area contributed by atoms with Crippen molar-refractivity contribution in [1.29, 1.82) is 0 Å². The molecule has 0 fully saturated rings. The fourth-order valence-electron chi connectivity index (χ4n) is 3.40. The molecule has 0 aromatic rings. The highest BCUT2D eigenvalue weighted by molar-refractivity contribution is 7.53. The summed E-state index contributed by atoms with van der Waals surface area (Å²) in [5.74, 6) is -0.339. The number of allylic oxidation sites excluding steroid dienone is 3. The number of rotatable bonds is 19. The Morgan fingerprint density at radius 1 is 0.929 bits per heavy atom. The van der Waals surface area contributed by atoms with E-state index in [4.69, 9.17) is 4.52 Å². The molecule has 0 aliphatic rings. The van der Waals surface area contributed by atoms with Crippen LogP contribution in [-0.2, 0) is 9.09 Å². The summed E-state index contributed by atoms with van der Waals surface area (Å²) in [5.41, 5.74) is 0. The second kappa shape index (κ2) is 16.4. The van der Waals surface area contributed by atoms with Gasteiger partial charge in [0, 0.05) is 6.42 Å². The highest BCUT2D eigenvalue weighted by Gasteiger charge is 2.41.